The molecule has 2 rings (SSSR count). The second-order valence-corrected chi connectivity index (χ2v) is 5.72. The molecule has 3 nitrogen and oxygen atoms in total. The zero-order valence-electron chi connectivity index (χ0n) is 12.1. The van der Waals surface area contributed by atoms with E-state index in [1.807, 2.05) is 0 Å². The molecule has 0 saturated heterocycles. The number of nitrogens with zero attached hydrogens (tertiary/aromatic N) is 2. The van der Waals surface area contributed by atoms with Crippen molar-refractivity contribution in [3.05, 3.63) is 17.5 Å². The third-order valence-corrected chi connectivity index (χ3v) is 4.29. The third-order valence-electron chi connectivity index (χ3n) is 4.29. The van der Waals surface area contributed by atoms with Crippen LogP contribution in [0.4, 0.5) is 0 Å². The van der Waals surface area contributed by atoms with Crippen LogP contribution in [0.5, 0.6) is 0 Å². The van der Waals surface area contributed by atoms with Gasteiger partial charge in [0.25, 0.3) is 0 Å². The first-order chi connectivity index (χ1) is 8.70. The third kappa shape index (κ3) is 3.35. The summed E-state index contributed by atoms with van der Waals surface area (Å²) in [5.41, 5.74) is 2.53. The molecule has 0 aliphatic heterocycles. The zero-order chi connectivity index (χ0) is 13.0. The number of nitrogens with one attached hydrogen (secondary N) is 1. The van der Waals surface area contributed by atoms with Crippen LogP contribution in [-0.2, 0) is 13.5 Å². The number of aromatic nitrogens is 2. The van der Waals surface area contributed by atoms with Gasteiger partial charge in [-0.05, 0) is 44.3 Å². The van der Waals surface area contributed by atoms with Crippen LogP contribution in [-0.4, -0.2) is 22.9 Å². The lowest BCUT2D eigenvalue weighted by Gasteiger charge is -2.23. The fourth-order valence-corrected chi connectivity index (χ4v) is 3.29. The summed E-state index contributed by atoms with van der Waals surface area (Å²) in [6.45, 7) is 6.51. The fraction of sp³-hybridized carbons (Fsp3) is 0.800. The predicted octanol–water partition coefficient (Wildman–Crippen LogP) is 2.69. The highest BCUT2D eigenvalue weighted by Gasteiger charge is 2.25. The highest BCUT2D eigenvalue weighted by Crippen LogP contribution is 2.33. The molecule has 1 N–H and O–H groups in total. The van der Waals surface area contributed by atoms with Crippen LogP contribution in [0.2, 0.25) is 0 Å². The molecular weight excluding hydrogens is 222 g/mol. The molecule has 1 heterocycles. The molecule has 1 aliphatic carbocycles. The molecule has 1 unspecified atom stereocenters. The number of hydrogen-bond donors (Lipinski definition) is 1. The Kier molecular flexibility index (Phi) is 4.81. The van der Waals surface area contributed by atoms with Crippen molar-refractivity contribution in [1.82, 2.24) is 15.1 Å². The molecule has 0 bridgehead atoms. The van der Waals surface area contributed by atoms with Crippen molar-refractivity contribution in [3.63, 3.8) is 0 Å². The lowest BCUT2D eigenvalue weighted by molar-refractivity contribution is 0.318. The Morgan fingerprint density at radius 2 is 2.17 bits per heavy atom. The standard InChI is InChI=1S/C15H27N3/c1-4-16-11-14(13-7-5-6-8-13)10-15-9-12(2)17-18(15)3/h9,13-14,16H,4-8,10-11H2,1-3H3. The van der Waals surface area contributed by atoms with Crippen molar-refractivity contribution in [2.45, 2.75) is 46.0 Å². The minimum absolute atomic E-state index is 0.780. The van der Waals surface area contributed by atoms with Crippen molar-refractivity contribution in [1.29, 1.82) is 0 Å². The summed E-state index contributed by atoms with van der Waals surface area (Å²) in [6, 6.07) is 2.24. The summed E-state index contributed by atoms with van der Waals surface area (Å²) >= 11 is 0. The molecule has 1 atom stereocenters. The largest absolute Gasteiger partial charge is 0.317 e. The van der Waals surface area contributed by atoms with Crippen LogP contribution in [0.15, 0.2) is 6.07 Å². The molecule has 1 aromatic heterocycles. The van der Waals surface area contributed by atoms with Gasteiger partial charge >= 0.3 is 0 Å². The molecule has 1 aliphatic rings. The molecule has 0 spiro atoms. The minimum Gasteiger partial charge on any atom is -0.317 e. The fourth-order valence-electron chi connectivity index (χ4n) is 3.29. The molecular formula is C15H27N3. The average molecular weight is 249 g/mol. The van der Waals surface area contributed by atoms with Gasteiger partial charge in [-0.1, -0.05) is 32.6 Å². The van der Waals surface area contributed by atoms with Crippen LogP contribution in [0.1, 0.15) is 44.0 Å². The van der Waals surface area contributed by atoms with E-state index in [4.69, 9.17) is 0 Å². The summed E-state index contributed by atoms with van der Waals surface area (Å²) in [5, 5.41) is 8.01. The Bertz CT molecular complexity index is 364. The first-order valence-corrected chi connectivity index (χ1v) is 7.41. The van der Waals surface area contributed by atoms with Crippen molar-refractivity contribution < 1.29 is 0 Å². The Hall–Kier alpha value is -0.830. The molecule has 1 saturated carbocycles. The predicted molar refractivity (Wildman–Crippen MR) is 75.6 cm³/mol. The van der Waals surface area contributed by atoms with Crippen LogP contribution in [0.25, 0.3) is 0 Å². The summed E-state index contributed by atoms with van der Waals surface area (Å²) < 4.78 is 2.06. The van der Waals surface area contributed by atoms with Crippen molar-refractivity contribution in [3.8, 4) is 0 Å². The second kappa shape index (κ2) is 6.37. The molecule has 0 radical (unpaired) electrons. The van der Waals surface area contributed by atoms with Crippen LogP contribution in [0.3, 0.4) is 0 Å². The second-order valence-electron chi connectivity index (χ2n) is 5.72. The Labute approximate surface area is 111 Å². The maximum atomic E-state index is 4.47. The normalized spacial score (nSPS) is 18.4. The van der Waals surface area contributed by atoms with Crippen LogP contribution < -0.4 is 5.32 Å². The minimum atomic E-state index is 0.780. The SMILES string of the molecule is CCNCC(Cc1cc(C)nn1C)C1CCCC1. The molecule has 1 aromatic rings. The smallest absolute Gasteiger partial charge is 0.0596 e. The Morgan fingerprint density at radius 3 is 2.72 bits per heavy atom. The van der Waals surface area contributed by atoms with Gasteiger partial charge in [0.2, 0.25) is 0 Å². The van der Waals surface area contributed by atoms with Gasteiger partial charge in [-0.15, -0.1) is 0 Å². The van der Waals surface area contributed by atoms with E-state index in [1.54, 1.807) is 0 Å². The van der Waals surface area contributed by atoms with Gasteiger partial charge in [-0.2, -0.15) is 5.10 Å². The van der Waals surface area contributed by atoms with Crippen LogP contribution in [0, 0.1) is 18.8 Å². The first-order valence-electron chi connectivity index (χ1n) is 7.41. The summed E-state index contributed by atoms with van der Waals surface area (Å²) in [6.07, 6.45) is 6.88. The molecule has 0 aromatic carbocycles. The van der Waals surface area contributed by atoms with E-state index in [9.17, 15) is 0 Å². The van der Waals surface area contributed by atoms with Gasteiger partial charge < -0.3 is 5.32 Å². The van der Waals surface area contributed by atoms with Gasteiger partial charge in [0.1, 0.15) is 0 Å². The lowest BCUT2D eigenvalue weighted by Crippen LogP contribution is -2.29. The van der Waals surface area contributed by atoms with Gasteiger partial charge in [-0.3, -0.25) is 4.68 Å². The average Bonchev–Trinajstić information content (AvgIpc) is 2.95. The van der Waals surface area contributed by atoms with E-state index in [1.165, 1.54) is 37.8 Å². The number of rotatable bonds is 6. The van der Waals surface area contributed by atoms with E-state index in [2.05, 4.69) is 42.1 Å². The summed E-state index contributed by atoms with van der Waals surface area (Å²) in [5.74, 6) is 1.70. The maximum Gasteiger partial charge on any atom is 0.0596 e. The van der Waals surface area contributed by atoms with Crippen molar-refractivity contribution in [2.24, 2.45) is 18.9 Å². The Morgan fingerprint density at radius 1 is 1.44 bits per heavy atom. The lowest BCUT2D eigenvalue weighted by atomic mass is 9.87. The number of hydrogen-bond acceptors (Lipinski definition) is 2. The first kappa shape index (κ1) is 13.6. The van der Waals surface area contributed by atoms with Gasteiger partial charge in [-0.25, -0.2) is 0 Å². The van der Waals surface area contributed by atoms with E-state index in [0.29, 0.717) is 0 Å². The molecule has 1 fully saturated rings. The van der Waals surface area contributed by atoms with Crippen molar-refractivity contribution >= 4 is 0 Å². The molecule has 3 heteroatoms. The highest BCUT2D eigenvalue weighted by atomic mass is 15.3. The van der Waals surface area contributed by atoms with Gasteiger partial charge in [0.15, 0.2) is 0 Å². The summed E-state index contributed by atoms with van der Waals surface area (Å²) in [7, 11) is 2.07. The quantitative estimate of drug-likeness (QED) is 0.840. The highest BCUT2D eigenvalue weighted by molar-refractivity contribution is 5.09. The molecule has 18 heavy (non-hydrogen) atoms. The summed E-state index contributed by atoms with van der Waals surface area (Å²) in [4.78, 5) is 0. The molecule has 0 amide bonds. The zero-order valence-corrected chi connectivity index (χ0v) is 12.1. The monoisotopic (exact) mass is 249 g/mol. The molecule has 102 valence electrons. The topological polar surface area (TPSA) is 29.9 Å². The maximum absolute atomic E-state index is 4.47. The van der Waals surface area contributed by atoms with E-state index >= 15 is 0 Å². The van der Waals surface area contributed by atoms with E-state index < -0.39 is 0 Å². The van der Waals surface area contributed by atoms with E-state index in [0.717, 1.165) is 30.6 Å². The number of aryl methyl sites for hydroxylation is 2. The van der Waals surface area contributed by atoms with Crippen LogP contribution >= 0.6 is 0 Å². The van der Waals surface area contributed by atoms with E-state index in [-0.39, 0.29) is 0 Å². The van der Waals surface area contributed by atoms with Gasteiger partial charge in [0, 0.05) is 12.7 Å². The van der Waals surface area contributed by atoms with Gasteiger partial charge in [0.05, 0.1) is 5.69 Å². The Balaban J connectivity index is 2.01. The van der Waals surface area contributed by atoms with Crippen molar-refractivity contribution in [2.75, 3.05) is 13.1 Å².